The highest BCUT2D eigenvalue weighted by Crippen LogP contribution is 2.33. The molecular formula is C35H38F4N2O8. The van der Waals surface area contributed by atoms with Crippen molar-refractivity contribution in [3.63, 3.8) is 0 Å². The van der Waals surface area contributed by atoms with Crippen molar-refractivity contribution in [3.05, 3.63) is 89.0 Å². The molecule has 14 heteroatoms. The average molecular weight is 691 g/mol. The van der Waals surface area contributed by atoms with Crippen LogP contribution in [0.15, 0.2) is 60.8 Å². The summed E-state index contributed by atoms with van der Waals surface area (Å²) >= 11 is 0. The number of benzene rings is 2. The lowest BCUT2D eigenvalue weighted by Gasteiger charge is -2.31. The van der Waals surface area contributed by atoms with Gasteiger partial charge in [0.1, 0.15) is 11.9 Å². The largest absolute Gasteiger partial charge is 0.493 e. The van der Waals surface area contributed by atoms with E-state index in [0.717, 1.165) is 17.7 Å². The Kier molecular flexibility index (Phi) is 12.6. The van der Waals surface area contributed by atoms with E-state index in [1.807, 2.05) is 0 Å². The van der Waals surface area contributed by atoms with Gasteiger partial charge in [-0.05, 0) is 61.1 Å². The maximum Gasteiger partial charge on any atom is 0.416 e. The second-order valence-corrected chi connectivity index (χ2v) is 11.9. The summed E-state index contributed by atoms with van der Waals surface area (Å²) in [5.41, 5.74) is 0.340. The third-order valence-electron chi connectivity index (χ3n) is 8.06. The van der Waals surface area contributed by atoms with Gasteiger partial charge in [-0.1, -0.05) is 38.1 Å². The SMILES string of the molecule is COc1ccnc(C(=O)N[C@H]2COC[C@H](Cc3ccc(C(F)(F)F)cc3)[C@@H](Cc3ccc(F)cc3)[C@H](C)OC2=O)c1OCOC(=O)C(C)C. The standard InChI is InChI=1S/C35H38F4N2O8/c1-20(2)33(43)48-19-47-31-29(45-4)13-14-40-30(31)32(42)41-28-18-46-17-24(15-22-5-9-25(10-6-22)35(37,38)39)27(21(3)49-34(28)44)16-23-7-11-26(36)12-8-23/h5-14,20-21,24,27-28H,15-19H2,1-4H3,(H,41,42)/t21-,24-,27-,28-/m0/s1. The number of ether oxygens (including phenoxy) is 5. The Hall–Kier alpha value is -4.72. The number of nitrogens with zero attached hydrogens (tertiary/aromatic N) is 1. The summed E-state index contributed by atoms with van der Waals surface area (Å²) in [6.07, 6.45) is -3.30. The number of cyclic esters (lactones) is 1. The van der Waals surface area contributed by atoms with E-state index in [1.54, 1.807) is 32.9 Å². The van der Waals surface area contributed by atoms with Crippen LogP contribution in [0.2, 0.25) is 0 Å². The van der Waals surface area contributed by atoms with Gasteiger partial charge in [0.05, 0.1) is 31.8 Å². The van der Waals surface area contributed by atoms with Crippen LogP contribution < -0.4 is 14.8 Å². The summed E-state index contributed by atoms with van der Waals surface area (Å²) in [6, 6.07) is 10.8. The van der Waals surface area contributed by atoms with Gasteiger partial charge in [-0.2, -0.15) is 13.2 Å². The fourth-order valence-corrected chi connectivity index (χ4v) is 5.37. The first-order valence-electron chi connectivity index (χ1n) is 15.6. The van der Waals surface area contributed by atoms with Crippen molar-refractivity contribution in [2.24, 2.45) is 17.8 Å². The molecule has 4 rings (SSSR count). The molecule has 1 aromatic heterocycles. The number of carbonyl (C=O) groups excluding carboxylic acids is 3. The van der Waals surface area contributed by atoms with E-state index in [9.17, 15) is 31.9 Å². The highest BCUT2D eigenvalue weighted by atomic mass is 19.4. The van der Waals surface area contributed by atoms with E-state index >= 15 is 0 Å². The monoisotopic (exact) mass is 690 g/mol. The summed E-state index contributed by atoms with van der Waals surface area (Å²) in [5, 5.41) is 2.57. The summed E-state index contributed by atoms with van der Waals surface area (Å²) in [7, 11) is 1.35. The molecule has 3 aromatic rings. The van der Waals surface area contributed by atoms with Gasteiger partial charge in [-0.25, -0.2) is 14.2 Å². The molecule has 264 valence electrons. The van der Waals surface area contributed by atoms with Crippen LogP contribution in [-0.2, 0) is 42.8 Å². The molecular weight excluding hydrogens is 652 g/mol. The third-order valence-corrected chi connectivity index (χ3v) is 8.06. The van der Waals surface area contributed by atoms with Crippen molar-refractivity contribution >= 4 is 17.8 Å². The Morgan fingerprint density at radius 1 is 1.00 bits per heavy atom. The minimum Gasteiger partial charge on any atom is -0.493 e. The lowest BCUT2D eigenvalue weighted by Crippen LogP contribution is -2.46. The molecule has 1 saturated heterocycles. The fraction of sp³-hybridized carbons (Fsp3) is 0.429. The maximum absolute atomic E-state index is 13.7. The number of pyridine rings is 1. The number of hydrogen-bond acceptors (Lipinski definition) is 9. The lowest BCUT2D eigenvalue weighted by molar-refractivity contribution is -0.155. The topological polar surface area (TPSA) is 122 Å². The van der Waals surface area contributed by atoms with Crippen LogP contribution in [0, 0.1) is 23.6 Å². The predicted molar refractivity (Wildman–Crippen MR) is 167 cm³/mol. The molecule has 0 bridgehead atoms. The molecule has 0 radical (unpaired) electrons. The second kappa shape index (κ2) is 16.6. The Bertz CT molecular complexity index is 1580. The Balaban J connectivity index is 1.55. The van der Waals surface area contributed by atoms with Gasteiger partial charge < -0.3 is 29.0 Å². The molecule has 4 atom stereocenters. The minimum atomic E-state index is -4.49. The fourth-order valence-electron chi connectivity index (χ4n) is 5.37. The minimum absolute atomic E-state index is 0.0627. The van der Waals surface area contributed by atoms with Gasteiger partial charge in [0, 0.05) is 18.2 Å². The van der Waals surface area contributed by atoms with Crippen molar-refractivity contribution < 1.29 is 55.6 Å². The Labute approximate surface area is 281 Å². The molecule has 0 saturated carbocycles. The smallest absolute Gasteiger partial charge is 0.416 e. The van der Waals surface area contributed by atoms with Crippen LogP contribution in [0.1, 0.15) is 48.0 Å². The van der Waals surface area contributed by atoms with E-state index in [1.165, 1.54) is 43.6 Å². The van der Waals surface area contributed by atoms with E-state index < -0.39 is 66.2 Å². The van der Waals surface area contributed by atoms with Gasteiger partial charge >= 0.3 is 18.1 Å². The molecule has 1 amide bonds. The number of amides is 1. The van der Waals surface area contributed by atoms with Crippen LogP contribution in [0.5, 0.6) is 11.5 Å². The molecule has 0 unspecified atom stereocenters. The molecule has 2 heterocycles. The first-order chi connectivity index (χ1) is 23.3. The zero-order valence-electron chi connectivity index (χ0n) is 27.4. The van der Waals surface area contributed by atoms with Gasteiger partial charge in [0.15, 0.2) is 23.2 Å². The van der Waals surface area contributed by atoms with Crippen molar-refractivity contribution in [1.82, 2.24) is 10.3 Å². The maximum atomic E-state index is 13.7. The zero-order valence-corrected chi connectivity index (χ0v) is 27.4. The van der Waals surface area contributed by atoms with Gasteiger partial charge in [0.2, 0.25) is 6.79 Å². The molecule has 0 aliphatic carbocycles. The summed E-state index contributed by atoms with van der Waals surface area (Å²) in [6.45, 7) is 4.22. The number of methoxy groups -OCH3 is 1. The van der Waals surface area contributed by atoms with Crippen molar-refractivity contribution in [2.45, 2.75) is 51.9 Å². The van der Waals surface area contributed by atoms with E-state index in [4.69, 9.17) is 23.7 Å². The van der Waals surface area contributed by atoms with E-state index in [-0.39, 0.29) is 36.3 Å². The molecule has 2 aromatic carbocycles. The van der Waals surface area contributed by atoms with Crippen LogP contribution >= 0.6 is 0 Å². The molecule has 1 N–H and O–H groups in total. The second-order valence-electron chi connectivity index (χ2n) is 11.9. The summed E-state index contributed by atoms with van der Waals surface area (Å²) in [5.74, 6) is -3.74. The summed E-state index contributed by atoms with van der Waals surface area (Å²) < 4.78 is 81.0. The number of aromatic nitrogens is 1. The molecule has 49 heavy (non-hydrogen) atoms. The third kappa shape index (κ3) is 10.1. The molecule has 1 aliphatic rings. The van der Waals surface area contributed by atoms with Crippen molar-refractivity contribution in [3.8, 4) is 11.5 Å². The Morgan fingerprint density at radius 3 is 2.29 bits per heavy atom. The highest BCUT2D eigenvalue weighted by Gasteiger charge is 2.36. The van der Waals surface area contributed by atoms with Crippen molar-refractivity contribution in [1.29, 1.82) is 0 Å². The first kappa shape index (κ1) is 37.1. The normalized spacial score (nSPS) is 20.0. The van der Waals surface area contributed by atoms with Gasteiger partial charge in [-0.15, -0.1) is 0 Å². The molecule has 1 aliphatic heterocycles. The zero-order chi connectivity index (χ0) is 35.7. The molecule has 10 nitrogen and oxygen atoms in total. The number of esters is 2. The lowest BCUT2D eigenvalue weighted by atomic mass is 9.80. The van der Waals surface area contributed by atoms with Crippen molar-refractivity contribution in [2.75, 3.05) is 27.1 Å². The number of alkyl halides is 3. The van der Waals surface area contributed by atoms with E-state index in [2.05, 4.69) is 10.3 Å². The highest BCUT2D eigenvalue weighted by molar-refractivity contribution is 5.98. The van der Waals surface area contributed by atoms with Crippen LogP contribution in [0.4, 0.5) is 17.6 Å². The van der Waals surface area contributed by atoms with E-state index in [0.29, 0.717) is 18.4 Å². The number of nitrogens with one attached hydrogen (secondary N) is 1. The number of carbonyl (C=O) groups is 3. The number of rotatable bonds is 11. The average Bonchev–Trinajstić information content (AvgIpc) is 3.10. The quantitative estimate of drug-likeness (QED) is 0.157. The molecule has 0 spiro atoms. The van der Waals surface area contributed by atoms with Crippen LogP contribution in [0.25, 0.3) is 0 Å². The van der Waals surface area contributed by atoms with Gasteiger partial charge in [0.25, 0.3) is 5.91 Å². The summed E-state index contributed by atoms with van der Waals surface area (Å²) in [4.78, 5) is 42.9. The number of halogens is 4. The van der Waals surface area contributed by atoms with Crippen LogP contribution in [-0.4, -0.2) is 62.1 Å². The van der Waals surface area contributed by atoms with Gasteiger partial charge in [-0.3, -0.25) is 9.59 Å². The predicted octanol–water partition coefficient (Wildman–Crippen LogP) is 5.56. The Morgan fingerprint density at radius 2 is 1.65 bits per heavy atom. The molecule has 1 fully saturated rings. The first-order valence-corrected chi connectivity index (χ1v) is 15.6. The van der Waals surface area contributed by atoms with Crippen LogP contribution in [0.3, 0.4) is 0 Å². The number of hydrogen-bond donors (Lipinski definition) is 1.